The lowest BCUT2D eigenvalue weighted by Gasteiger charge is -2.25. The van der Waals surface area contributed by atoms with Crippen LogP contribution in [0.1, 0.15) is 38.7 Å². The minimum Gasteiger partial charge on any atom is -0.384 e. The molecule has 2 N–H and O–H groups in total. The maximum atomic E-state index is 13.1. The molecule has 0 aliphatic carbocycles. The smallest absolute Gasteiger partial charge is 0.245 e. The van der Waals surface area contributed by atoms with Gasteiger partial charge in [-0.2, -0.15) is 0 Å². The number of nitrogens with zero attached hydrogens (tertiary/aromatic N) is 2. The second-order valence-corrected chi connectivity index (χ2v) is 8.99. The number of aryl methyl sites for hydroxylation is 1. The molecule has 0 radical (unpaired) electrons. The van der Waals surface area contributed by atoms with E-state index in [4.69, 9.17) is 11.6 Å². The Labute approximate surface area is 200 Å². The first-order valence-electron chi connectivity index (χ1n) is 11.6. The third-order valence-electron chi connectivity index (χ3n) is 6.28. The highest BCUT2D eigenvalue weighted by atomic mass is 35.5. The van der Waals surface area contributed by atoms with Crippen molar-refractivity contribution in [3.8, 4) is 0 Å². The molecule has 33 heavy (non-hydrogen) atoms. The van der Waals surface area contributed by atoms with Gasteiger partial charge in [0.1, 0.15) is 0 Å². The number of carbonyl (C=O) groups is 1. The number of fused-ring (bicyclic) bond motifs is 2. The van der Waals surface area contributed by atoms with E-state index in [0.29, 0.717) is 11.6 Å². The molecule has 3 aromatic rings. The van der Waals surface area contributed by atoms with Crippen molar-refractivity contribution < 1.29 is 4.79 Å². The minimum absolute atomic E-state index is 0.0984. The molecule has 0 bridgehead atoms. The molecule has 1 aromatic heterocycles. The van der Waals surface area contributed by atoms with Crippen LogP contribution >= 0.6 is 11.6 Å². The molecule has 5 nitrogen and oxygen atoms in total. The average molecular weight is 463 g/mol. The molecular formula is C27H31ClN4O. The SMILES string of the molecule is CC1=C(C)N(C(=O)CNCCCCNc2ccnc3cc(Cl)ccc23)c2ccccc2CC1. The van der Waals surface area contributed by atoms with Gasteiger partial charge in [-0.1, -0.05) is 35.4 Å². The van der Waals surface area contributed by atoms with Crippen LogP contribution in [0.4, 0.5) is 11.4 Å². The van der Waals surface area contributed by atoms with Crippen LogP contribution in [0.15, 0.2) is 66.0 Å². The van der Waals surface area contributed by atoms with E-state index in [2.05, 4.69) is 41.6 Å². The molecule has 6 heteroatoms. The second-order valence-electron chi connectivity index (χ2n) is 8.55. The van der Waals surface area contributed by atoms with Gasteiger partial charge in [-0.15, -0.1) is 0 Å². The van der Waals surface area contributed by atoms with Crippen molar-refractivity contribution in [3.05, 3.63) is 76.6 Å². The quantitative estimate of drug-likeness (QED) is 0.406. The van der Waals surface area contributed by atoms with Gasteiger partial charge in [0.25, 0.3) is 0 Å². The van der Waals surface area contributed by atoms with Gasteiger partial charge < -0.3 is 10.6 Å². The average Bonchev–Trinajstić information content (AvgIpc) is 2.94. The molecule has 0 fully saturated rings. The van der Waals surface area contributed by atoms with Gasteiger partial charge in [-0.3, -0.25) is 14.7 Å². The number of aromatic nitrogens is 1. The molecule has 1 aliphatic rings. The van der Waals surface area contributed by atoms with E-state index in [9.17, 15) is 4.79 Å². The predicted octanol–water partition coefficient (Wildman–Crippen LogP) is 5.94. The lowest BCUT2D eigenvalue weighted by atomic mass is 10.1. The molecule has 0 saturated carbocycles. The Hall–Kier alpha value is -2.89. The molecule has 0 saturated heterocycles. The van der Waals surface area contributed by atoms with Crippen molar-refractivity contribution in [2.24, 2.45) is 0 Å². The van der Waals surface area contributed by atoms with Crippen molar-refractivity contribution in [1.82, 2.24) is 10.3 Å². The fraction of sp³-hybridized carbons (Fsp3) is 0.333. The number of halogens is 1. The van der Waals surface area contributed by atoms with Crippen LogP contribution in [0, 0.1) is 0 Å². The highest BCUT2D eigenvalue weighted by Gasteiger charge is 2.23. The number of allylic oxidation sites excluding steroid dienone is 2. The summed E-state index contributed by atoms with van der Waals surface area (Å²) in [5, 5.41) is 8.60. The van der Waals surface area contributed by atoms with Crippen LogP contribution in [0.3, 0.4) is 0 Å². The van der Waals surface area contributed by atoms with E-state index in [1.165, 1.54) is 11.1 Å². The van der Waals surface area contributed by atoms with Gasteiger partial charge in [0, 0.05) is 34.5 Å². The summed E-state index contributed by atoms with van der Waals surface area (Å²) in [4.78, 5) is 19.4. The molecule has 1 amide bonds. The molecule has 0 atom stereocenters. The minimum atomic E-state index is 0.0984. The van der Waals surface area contributed by atoms with Crippen LogP contribution in [-0.4, -0.2) is 30.5 Å². The van der Waals surface area contributed by atoms with Gasteiger partial charge in [-0.05, 0) is 82.0 Å². The molecule has 0 unspecified atom stereocenters. The number of rotatable bonds is 8. The first-order chi connectivity index (χ1) is 16.0. The van der Waals surface area contributed by atoms with Crippen LogP contribution in [0.2, 0.25) is 5.02 Å². The van der Waals surface area contributed by atoms with Crippen molar-refractivity contribution >= 4 is 39.8 Å². The first-order valence-corrected chi connectivity index (χ1v) is 12.0. The molecule has 4 rings (SSSR count). The molecule has 172 valence electrons. The van der Waals surface area contributed by atoms with Gasteiger partial charge >= 0.3 is 0 Å². The van der Waals surface area contributed by atoms with Crippen molar-refractivity contribution in [1.29, 1.82) is 0 Å². The number of benzene rings is 2. The zero-order valence-corrected chi connectivity index (χ0v) is 20.1. The Morgan fingerprint density at radius 3 is 2.76 bits per heavy atom. The monoisotopic (exact) mass is 462 g/mol. The number of pyridine rings is 1. The number of unbranched alkanes of at least 4 members (excludes halogenated alkanes) is 1. The summed E-state index contributed by atoms with van der Waals surface area (Å²) in [6.07, 6.45) is 5.76. The van der Waals surface area contributed by atoms with Crippen LogP contribution in [0.5, 0.6) is 0 Å². The fourth-order valence-electron chi connectivity index (χ4n) is 4.28. The molecule has 1 aliphatic heterocycles. The number of carbonyl (C=O) groups excluding carboxylic acids is 1. The summed E-state index contributed by atoms with van der Waals surface area (Å²) in [5.41, 5.74) is 6.55. The highest BCUT2D eigenvalue weighted by molar-refractivity contribution is 6.31. The van der Waals surface area contributed by atoms with E-state index < -0.39 is 0 Å². The largest absolute Gasteiger partial charge is 0.384 e. The van der Waals surface area contributed by atoms with Crippen molar-refractivity contribution in [2.75, 3.05) is 29.9 Å². The van der Waals surface area contributed by atoms with Gasteiger partial charge in [-0.25, -0.2) is 0 Å². The second kappa shape index (κ2) is 10.8. The van der Waals surface area contributed by atoms with E-state index in [1.807, 2.05) is 41.3 Å². The highest BCUT2D eigenvalue weighted by Crippen LogP contribution is 2.31. The summed E-state index contributed by atoms with van der Waals surface area (Å²) in [5.74, 6) is 0.0984. The predicted molar refractivity (Wildman–Crippen MR) is 138 cm³/mol. The van der Waals surface area contributed by atoms with Crippen LogP contribution < -0.4 is 15.5 Å². The fourth-order valence-corrected chi connectivity index (χ4v) is 4.45. The third kappa shape index (κ3) is 5.55. The lowest BCUT2D eigenvalue weighted by molar-refractivity contribution is -0.117. The molecule has 2 heterocycles. The Balaban J connectivity index is 1.24. The number of hydrogen-bond acceptors (Lipinski definition) is 4. The van der Waals surface area contributed by atoms with Crippen molar-refractivity contribution in [2.45, 2.75) is 39.5 Å². The zero-order valence-electron chi connectivity index (χ0n) is 19.3. The summed E-state index contributed by atoms with van der Waals surface area (Å²) in [6, 6.07) is 16.0. The number of anilines is 2. The Kier molecular flexibility index (Phi) is 7.63. The number of hydrogen-bond donors (Lipinski definition) is 2. The Bertz CT molecular complexity index is 1170. The topological polar surface area (TPSA) is 57.3 Å². The van der Waals surface area contributed by atoms with Crippen molar-refractivity contribution in [3.63, 3.8) is 0 Å². The molecular weight excluding hydrogens is 432 g/mol. The maximum absolute atomic E-state index is 13.1. The number of para-hydroxylation sites is 1. The molecule has 0 spiro atoms. The zero-order chi connectivity index (χ0) is 23.2. The Morgan fingerprint density at radius 2 is 1.88 bits per heavy atom. The first kappa shape index (κ1) is 23.3. The van der Waals surface area contributed by atoms with E-state index in [-0.39, 0.29) is 5.91 Å². The van der Waals surface area contributed by atoms with E-state index in [1.54, 1.807) is 6.20 Å². The third-order valence-corrected chi connectivity index (χ3v) is 6.52. The van der Waals surface area contributed by atoms with Gasteiger partial charge in [0.2, 0.25) is 5.91 Å². The normalized spacial score (nSPS) is 13.7. The maximum Gasteiger partial charge on any atom is 0.245 e. The van der Waals surface area contributed by atoms with Gasteiger partial charge in [0.15, 0.2) is 0 Å². The lowest BCUT2D eigenvalue weighted by Crippen LogP contribution is -2.38. The summed E-state index contributed by atoms with van der Waals surface area (Å²) in [7, 11) is 0. The van der Waals surface area contributed by atoms with Crippen LogP contribution in [-0.2, 0) is 11.2 Å². The summed E-state index contributed by atoms with van der Waals surface area (Å²) >= 11 is 6.07. The number of amides is 1. The standard InChI is InChI=1S/C27H31ClN4O/c1-19-9-10-21-7-3-4-8-26(21)32(20(19)2)27(33)18-29-14-5-6-15-30-24-13-16-31-25-17-22(28)11-12-23(24)25/h3-4,7-8,11-13,16-17,29H,5-6,9-10,14-15,18H2,1-2H3,(H,30,31). The van der Waals surface area contributed by atoms with E-state index in [0.717, 1.165) is 66.7 Å². The Morgan fingerprint density at radius 1 is 1.06 bits per heavy atom. The van der Waals surface area contributed by atoms with E-state index >= 15 is 0 Å². The van der Waals surface area contributed by atoms with Crippen LogP contribution in [0.25, 0.3) is 10.9 Å². The molecule has 2 aromatic carbocycles. The summed E-state index contributed by atoms with van der Waals surface area (Å²) in [6.45, 7) is 6.18. The summed E-state index contributed by atoms with van der Waals surface area (Å²) < 4.78 is 0. The number of nitrogens with one attached hydrogen (secondary N) is 2. The van der Waals surface area contributed by atoms with Gasteiger partial charge in [0.05, 0.1) is 17.7 Å².